The molecule has 0 bridgehead atoms. The average Bonchev–Trinajstić information content (AvgIpc) is 3.04. The van der Waals surface area contributed by atoms with E-state index < -0.39 is 0 Å². The number of piperazine rings is 1. The minimum absolute atomic E-state index is 0. The van der Waals surface area contributed by atoms with Crippen LogP contribution in [0.4, 0.5) is 10.8 Å². The molecule has 1 aliphatic heterocycles. The van der Waals surface area contributed by atoms with E-state index in [0.717, 1.165) is 31.1 Å². The summed E-state index contributed by atoms with van der Waals surface area (Å²) < 4.78 is 5.14. The van der Waals surface area contributed by atoms with Gasteiger partial charge in [-0.05, 0) is 31.2 Å². The number of anilines is 2. The maximum Gasteiger partial charge on any atom is 0.273 e. The number of amides is 1. The molecule has 1 fully saturated rings. The van der Waals surface area contributed by atoms with Gasteiger partial charge in [0.2, 0.25) is 0 Å². The molecule has 1 saturated heterocycles. The SMILES string of the molecule is COc1ccc(Nc2nc(C(=O)N3CCNC[C@H]3C)cs2)cc1.Cl.Cl. The third-order valence-corrected chi connectivity index (χ3v) is 4.58. The Morgan fingerprint density at radius 1 is 1.36 bits per heavy atom. The number of carbonyl (C=O) groups excluding carboxylic acids is 1. The molecule has 1 aromatic heterocycles. The van der Waals surface area contributed by atoms with Gasteiger partial charge in [0.05, 0.1) is 7.11 Å². The normalized spacial score (nSPS) is 16.4. The minimum Gasteiger partial charge on any atom is -0.497 e. The summed E-state index contributed by atoms with van der Waals surface area (Å²) >= 11 is 1.43. The van der Waals surface area contributed by atoms with Gasteiger partial charge >= 0.3 is 0 Å². The van der Waals surface area contributed by atoms with E-state index in [1.807, 2.05) is 41.5 Å². The van der Waals surface area contributed by atoms with Gasteiger partial charge in [0, 0.05) is 36.7 Å². The first-order valence-corrected chi connectivity index (χ1v) is 8.43. The van der Waals surface area contributed by atoms with Gasteiger partial charge in [-0.25, -0.2) is 4.98 Å². The molecule has 0 saturated carbocycles. The Kier molecular flexibility index (Phi) is 8.44. The van der Waals surface area contributed by atoms with E-state index in [0.29, 0.717) is 10.8 Å². The number of ether oxygens (including phenoxy) is 1. The summed E-state index contributed by atoms with van der Waals surface area (Å²) in [4.78, 5) is 18.9. The van der Waals surface area contributed by atoms with Crippen LogP contribution in [0, 0.1) is 0 Å². The Bertz CT molecular complexity index is 681. The third kappa shape index (κ3) is 5.22. The first-order chi connectivity index (χ1) is 11.2. The van der Waals surface area contributed by atoms with Crippen LogP contribution in [0.1, 0.15) is 17.4 Å². The van der Waals surface area contributed by atoms with Crippen molar-refractivity contribution in [1.82, 2.24) is 15.2 Å². The number of nitrogens with zero attached hydrogens (tertiary/aromatic N) is 2. The van der Waals surface area contributed by atoms with Crippen LogP contribution in [-0.2, 0) is 0 Å². The van der Waals surface area contributed by atoms with Crippen LogP contribution in [0.5, 0.6) is 5.75 Å². The molecule has 2 N–H and O–H groups in total. The van der Waals surface area contributed by atoms with Crippen molar-refractivity contribution < 1.29 is 9.53 Å². The number of halogens is 2. The van der Waals surface area contributed by atoms with Crippen LogP contribution in [0.2, 0.25) is 0 Å². The number of aromatic nitrogens is 1. The highest BCUT2D eigenvalue weighted by Gasteiger charge is 2.25. The molecule has 1 amide bonds. The maximum atomic E-state index is 12.6. The molecule has 0 unspecified atom stereocenters. The van der Waals surface area contributed by atoms with Crippen molar-refractivity contribution in [3.8, 4) is 5.75 Å². The highest BCUT2D eigenvalue weighted by Crippen LogP contribution is 2.23. The number of hydrogen-bond donors (Lipinski definition) is 2. The zero-order valence-electron chi connectivity index (χ0n) is 14.0. The molecule has 9 heteroatoms. The van der Waals surface area contributed by atoms with Crippen LogP contribution in [-0.4, -0.2) is 48.6 Å². The summed E-state index contributed by atoms with van der Waals surface area (Å²) in [5, 5.41) is 9.02. The Labute approximate surface area is 163 Å². The lowest BCUT2D eigenvalue weighted by Crippen LogP contribution is -2.52. The van der Waals surface area contributed by atoms with E-state index in [9.17, 15) is 4.79 Å². The third-order valence-electron chi connectivity index (χ3n) is 3.83. The summed E-state index contributed by atoms with van der Waals surface area (Å²) in [5.74, 6) is 0.802. The van der Waals surface area contributed by atoms with Gasteiger partial charge in [-0.3, -0.25) is 4.79 Å². The average molecular weight is 405 g/mol. The lowest BCUT2D eigenvalue weighted by atomic mass is 10.2. The number of rotatable bonds is 4. The quantitative estimate of drug-likeness (QED) is 0.818. The first-order valence-electron chi connectivity index (χ1n) is 7.55. The van der Waals surface area contributed by atoms with Crippen molar-refractivity contribution in [2.45, 2.75) is 13.0 Å². The first kappa shape index (κ1) is 21.5. The molecule has 138 valence electrons. The van der Waals surface area contributed by atoms with Crippen LogP contribution >= 0.6 is 36.2 Å². The Morgan fingerprint density at radius 2 is 2.08 bits per heavy atom. The molecule has 25 heavy (non-hydrogen) atoms. The number of nitrogens with one attached hydrogen (secondary N) is 2. The predicted molar refractivity (Wildman–Crippen MR) is 106 cm³/mol. The van der Waals surface area contributed by atoms with Gasteiger partial charge in [-0.2, -0.15) is 0 Å². The van der Waals surface area contributed by atoms with Crippen molar-refractivity contribution in [2.24, 2.45) is 0 Å². The zero-order chi connectivity index (χ0) is 16.2. The number of methoxy groups -OCH3 is 1. The number of thiazole rings is 1. The van der Waals surface area contributed by atoms with Gasteiger partial charge < -0.3 is 20.3 Å². The second-order valence-electron chi connectivity index (χ2n) is 5.44. The van der Waals surface area contributed by atoms with Crippen molar-refractivity contribution in [3.63, 3.8) is 0 Å². The summed E-state index contributed by atoms with van der Waals surface area (Å²) in [6.07, 6.45) is 0. The van der Waals surface area contributed by atoms with Crippen molar-refractivity contribution >= 4 is 52.9 Å². The molecule has 0 radical (unpaired) electrons. The molecule has 1 atom stereocenters. The van der Waals surface area contributed by atoms with Gasteiger partial charge in [-0.1, -0.05) is 0 Å². The smallest absolute Gasteiger partial charge is 0.273 e. The molecule has 1 aromatic carbocycles. The van der Waals surface area contributed by atoms with Crippen molar-refractivity contribution in [2.75, 3.05) is 32.1 Å². The zero-order valence-corrected chi connectivity index (χ0v) is 16.5. The molecular formula is C16H22Cl2N4O2S. The van der Waals surface area contributed by atoms with Crippen LogP contribution in [0.15, 0.2) is 29.6 Å². The standard InChI is InChI=1S/C16H20N4O2S.2ClH/c1-11-9-17-7-8-20(11)15(21)14-10-23-16(19-14)18-12-3-5-13(22-2)6-4-12;;/h3-6,10-11,17H,7-9H2,1-2H3,(H,18,19);2*1H/t11-;;/m1../s1. The fourth-order valence-electron chi connectivity index (χ4n) is 2.52. The molecule has 0 spiro atoms. The van der Waals surface area contributed by atoms with Crippen LogP contribution in [0.3, 0.4) is 0 Å². The van der Waals surface area contributed by atoms with Gasteiger partial charge in [-0.15, -0.1) is 36.2 Å². The van der Waals surface area contributed by atoms with Gasteiger partial charge in [0.25, 0.3) is 5.91 Å². The molecule has 2 aromatic rings. The predicted octanol–water partition coefficient (Wildman–Crippen LogP) is 3.17. The summed E-state index contributed by atoms with van der Waals surface area (Å²) in [6, 6.07) is 7.78. The summed E-state index contributed by atoms with van der Waals surface area (Å²) in [7, 11) is 1.64. The fourth-order valence-corrected chi connectivity index (χ4v) is 3.22. The lowest BCUT2D eigenvalue weighted by Gasteiger charge is -2.33. The Balaban J connectivity index is 0.00000156. The minimum atomic E-state index is -0.00182. The molecule has 3 rings (SSSR count). The second-order valence-corrected chi connectivity index (χ2v) is 6.30. The Morgan fingerprint density at radius 3 is 2.72 bits per heavy atom. The summed E-state index contributed by atoms with van der Waals surface area (Å²) in [5.41, 5.74) is 1.41. The van der Waals surface area contributed by atoms with Crippen LogP contribution in [0.25, 0.3) is 0 Å². The fraction of sp³-hybridized carbons (Fsp3) is 0.375. The van der Waals surface area contributed by atoms with Gasteiger partial charge in [0.1, 0.15) is 11.4 Å². The van der Waals surface area contributed by atoms with Crippen molar-refractivity contribution in [3.05, 3.63) is 35.3 Å². The topological polar surface area (TPSA) is 66.5 Å². The molecule has 1 aliphatic rings. The largest absolute Gasteiger partial charge is 0.497 e. The lowest BCUT2D eigenvalue weighted by molar-refractivity contribution is 0.0650. The van der Waals surface area contributed by atoms with E-state index in [1.165, 1.54) is 11.3 Å². The monoisotopic (exact) mass is 404 g/mol. The van der Waals surface area contributed by atoms with E-state index in [1.54, 1.807) is 7.11 Å². The molecule has 6 nitrogen and oxygen atoms in total. The summed E-state index contributed by atoms with van der Waals surface area (Å²) in [6.45, 7) is 4.43. The van der Waals surface area contributed by atoms with E-state index in [2.05, 4.69) is 15.6 Å². The number of benzene rings is 1. The van der Waals surface area contributed by atoms with Gasteiger partial charge in [0.15, 0.2) is 5.13 Å². The van der Waals surface area contributed by atoms with E-state index in [4.69, 9.17) is 4.74 Å². The maximum absolute atomic E-state index is 12.6. The molecule has 2 heterocycles. The Hall–Kier alpha value is -1.54. The molecule has 0 aliphatic carbocycles. The van der Waals surface area contributed by atoms with Crippen molar-refractivity contribution in [1.29, 1.82) is 0 Å². The highest BCUT2D eigenvalue weighted by atomic mass is 35.5. The number of carbonyl (C=O) groups is 1. The van der Waals surface area contributed by atoms with Crippen LogP contribution < -0.4 is 15.4 Å². The molecular weight excluding hydrogens is 383 g/mol. The number of hydrogen-bond acceptors (Lipinski definition) is 6. The van der Waals surface area contributed by atoms with E-state index in [-0.39, 0.29) is 36.8 Å². The van der Waals surface area contributed by atoms with E-state index >= 15 is 0 Å². The highest BCUT2D eigenvalue weighted by molar-refractivity contribution is 7.14. The second kappa shape index (κ2) is 9.82.